The molecule has 1 saturated carbocycles. The molecular weight excluding hydrogens is 502 g/mol. The summed E-state index contributed by atoms with van der Waals surface area (Å²) in [6.07, 6.45) is 6.63. The Hall–Kier alpha value is -1.19. The number of aliphatic hydroxyl groups is 1. The fourth-order valence-electron chi connectivity index (χ4n) is 6.77. The van der Waals surface area contributed by atoms with Crippen LogP contribution in [0.25, 0.3) is 0 Å². The molecule has 34 heavy (non-hydrogen) atoms. The number of hydrogen-bond acceptors (Lipinski definition) is 5. The van der Waals surface area contributed by atoms with E-state index in [4.69, 9.17) is 4.74 Å². The smallest absolute Gasteiger partial charge is 0.246 e. The first-order valence-corrected chi connectivity index (χ1v) is 14.0. The molecule has 4 rings (SSSR count). The maximum Gasteiger partial charge on any atom is 0.246 e. The van der Waals surface area contributed by atoms with Crippen LogP contribution in [0.15, 0.2) is 0 Å². The second-order valence-corrected chi connectivity index (χ2v) is 12.2. The fraction of sp³-hybridized carbons (Fsp3) is 0.880. The minimum Gasteiger partial charge on any atom is -0.394 e. The van der Waals surface area contributed by atoms with Crippen LogP contribution in [0, 0.1) is 17.8 Å². The molecule has 0 aromatic carbocycles. The second kappa shape index (κ2) is 10.4. The van der Waals surface area contributed by atoms with E-state index in [1.54, 1.807) is 4.90 Å². The Bertz CT molecular complexity index is 789. The minimum absolute atomic E-state index is 0.0911. The molecule has 0 radical (unpaired) electrons. The number of carbonyl (C=O) groups is 3. The number of hydrogen-bond donors (Lipinski definition) is 3. The third-order valence-electron chi connectivity index (χ3n) is 8.13. The number of aliphatic hydroxyl groups excluding tert-OH is 1. The average Bonchev–Trinajstić information content (AvgIpc) is 3.39. The van der Waals surface area contributed by atoms with Crippen molar-refractivity contribution in [2.45, 2.75) is 107 Å². The summed E-state index contributed by atoms with van der Waals surface area (Å²) >= 11 is 3.70. The van der Waals surface area contributed by atoms with Crippen molar-refractivity contribution in [2.75, 3.05) is 13.2 Å². The highest BCUT2D eigenvalue weighted by Gasteiger charge is 2.77. The Labute approximate surface area is 211 Å². The van der Waals surface area contributed by atoms with Crippen LogP contribution in [-0.2, 0) is 19.1 Å². The van der Waals surface area contributed by atoms with Gasteiger partial charge in [-0.25, -0.2) is 0 Å². The number of halogens is 1. The van der Waals surface area contributed by atoms with Gasteiger partial charge in [0.2, 0.25) is 17.7 Å². The monoisotopic (exact) mass is 541 g/mol. The van der Waals surface area contributed by atoms with Crippen molar-refractivity contribution in [3.63, 3.8) is 0 Å². The number of nitrogens with one attached hydrogen (secondary N) is 2. The lowest BCUT2D eigenvalue weighted by atomic mass is 9.70. The van der Waals surface area contributed by atoms with Gasteiger partial charge in [0.1, 0.15) is 11.6 Å². The molecule has 3 aliphatic heterocycles. The van der Waals surface area contributed by atoms with Crippen LogP contribution in [-0.4, -0.2) is 75.5 Å². The third kappa shape index (κ3) is 4.41. The number of ether oxygens (including phenoxy) is 1. The summed E-state index contributed by atoms with van der Waals surface area (Å²) in [4.78, 5) is 42.6. The summed E-state index contributed by atoms with van der Waals surface area (Å²) in [5.74, 6) is -1.76. The summed E-state index contributed by atoms with van der Waals surface area (Å²) < 4.78 is 6.52. The van der Waals surface area contributed by atoms with Gasteiger partial charge in [-0.1, -0.05) is 56.0 Å². The van der Waals surface area contributed by atoms with Crippen LogP contribution >= 0.6 is 15.9 Å². The van der Waals surface area contributed by atoms with Crippen LogP contribution in [0.1, 0.15) is 72.1 Å². The Kier molecular flexibility index (Phi) is 7.94. The Morgan fingerprint density at radius 2 is 1.94 bits per heavy atom. The van der Waals surface area contributed by atoms with E-state index >= 15 is 0 Å². The van der Waals surface area contributed by atoms with Crippen LogP contribution in [0.3, 0.4) is 0 Å². The molecule has 3 unspecified atom stereocenters. The highest BCUT2D eigenvalue weighted by atomic mass is 79.9. The molecule has 8 nitrogen and oxygen atoms in total. The molecule has 4 fully saturated rings. The fourth-order valence-corrected chi connectivity index (χ4v) is 7.72. The Morgan fingerprint density at radius 1 is 1.24 bits per heavy atom. The minimum atomic E-state index is -1.06. The summed E-state index contributed by atoms with van der Waals surface area (Å²) in [5, 5.41) is 16.5. The van der Waals surface area contributed by atoms with Crippen LogP contribution in [0.5, 0.6) is 0 Å². The number of rotatable bonds is 9. The lowest BCUT2D eigenvalue weighted by molar-refractivity contribution is -0.146. The first-order valence-electron chi connectivity index (χ1n) is 13.1. The van der Waals surface area contributed by atoms with E-state index < -0.39 is 35.6 Å². The maximum absolute atomic E-state index is 14.0. The molecule has 0 aromatic rings. The second-order valence-electron chi connectivity index (χ2n) is 11.0. The van der Waals surface area contributed by atoms with E-state index in [1.165, 1.54) is 6.42 Å². The molecule has 9 heteroatoms. The zero-order valence-electron chi connectivity index (χ0n) is 20.6. The molecule has 2 bridgehead atoms. The van der Waals surface area contributed by atoms with Crippen molar-refractivity contribution < 1.29 is 24.2 Å². The van der Waals surface area contributed by atoms with Gasteiger partial charge in [-0.3, -0.25) is 14.4 Å². The third-order valence-corrected chi connectivity index (χ3v) is 8.97. The van der Waals surface area contributed by atoms with Gasteiger partial charge in [0, 0.05) is 17.4 Å². The van der Waals surface area contributed by atoms with Gasteiger partial charge in [0.25, 0.3) is 0 Å². The zero-order chi connectivity index (χ0) is 24.6. The molecule has 192 valence electrons. The summed E-state index contributed by atoms with van der Waals surface area (Å²) in [7, 11) is 0. The van der Waals surface area contributed by atoms with Gasteiger partial charge in [-0.15, -0.1) is 0 Å². The highest BCUT2D eigenvalue weighted by Crippen LogP contribution is 2.60. The number of likely N-dealkylation sites (tertiary alicyclic amines) is 1. The van der Waals surface area contributed by atoms with E-state index in [1.807, 2.05) is 20.8 Å². The first kappa shape index (κ1) is 25.9. The molecular formula is C25H40BrN3O5. The van der Waals surface area contributed by atoms with E-state index in [0.29, 0.717) is 19.4 Å². The first-order chi connectivity index (χ1) is 16.2. The quantitative estimate of drug-likeness (QED) is 0.387. The summed E-state index contributed by atoms with van der Waals surface area (Å²) in [6, 6.07) is -1.25. The van der Waals surface area contributed by atoms with Crippen molar-refractivity contribution in [3.8, 4) is 0 Å². The van der Waals surface area contributed by atoms with Gasteiger partial charge < -0.3 is 25.4 Å². The summed E-state index contributed by atoms with van der Waals surface area (Å²) in [5.41, 5.74) is -1.06. The van der Waals surface area contributed by atoms with Gasteiger partial charge >= 0.3 is 0 Å². The SMILES string of the molecule is CCCNC(=O)[C@H]1[C@@H]2OC3(CC2Br)C(C(=O)NC2CCCCC2)N([C@@H](CO)CC(C)C)C(=O)[C@H]13. The lowest BCUT2D eigenvalue weighted by Crippen LogP contribution is -2.59. The number of nitrogens with zero attached hydrogens (tertiary/aromatic N) is 1. The molecule has 1 spiro atoms. The molecule has 3 amide bonds. The number of amides is 3. The maximum atomic E-state index is 14.0. The molecule has 7 atom stereocenters. The molecule has 4 aliphatic rings. The molecule has 3 saturated heterocycles. The Balaban J connectivity index is 1.70. The van der Waals surface area contributed by atoms with Crippen molar-refractivity contribution in [2.24, 2.45) is 17.8 Å². The Morgan fingerprint density at radius 3 is 2.56 bits per heavy atom. The van der Waals surface area contributed by atoms with Crippen LogP contribution < -0.4 is 10.6 Å². The van der Waals surface area contributed by atoms with Gasteiger partial charge in [0.05, 0.1) is 30.6 Å². The van der Waals surface area contributed by atoms with Gasteiger partial charge in [-0.2, -0.15) is 0 Å². The number of carbonyl (C=O) groups excluding carboxylic acids is 3. The largest absolute Gasteiger partial charge is 0.394 e. The predicted octanol–water partition coefficient (Wildman–Crippen LogP) is 2.12. The average molecular weight is 543 g/mol. The van der Waals surface area contributed by atoms with Crippen molar-refractivity contribution in [1.82, 2.24) is 15.5 Å². The van der Waals surface area contributed by atoms with Gasteiger partial charge in [0.15, 0.2) is 0 Å². The van der Waals surface area contributed by atoms with Crippen LogP contribution in [0.4, 0.5) is 0 Å². The topological polar surface area (TPSA) is 108 Å². The van der Waals surface area contributed by atoms with E-state index in [9.17, 15) is 19.5 Å². The van der Waals surface area contributed by atoms with E-state index in [0.717, 1.165) is 32.1 Å². The molecule has 0 aromatic heterocycles. The van der Waals surface area contributed by atoms with Crippen molar-refractivity contribution in [3.05, 3.63) is 0 Å². The van der Waals surface area contributed by atoms with Gasteiger partial charge in [-0.05, 0) is 38.0 Å². The van der Waals surface area contributed by atoms with Crippen molar-refractivity contribution in [1.29, 1.82) is 0 Å². The molecule has 3 N–H and O–H groups in total. The number of fused-ring (bicyclic) bond motifs is 1. The predicted molar refractivity (Wildman–Crippen MR) is 131 cm³/mol. The van der Waals surface area contributed by atoms with E-state index in [2.05, 4.69) is 26.6 Å². The zero-order valence-corrected chi connectivity index (χ0v) is 22.2. The molecule has 3 heterocycles. The normalized spacial score (nSPS) is 36.1. The highest BCUT2D eigenvalue weighted by molar-refractivity contribution is 9.09. The number of alkyl halides is 1. The summed E-state index contributed by atoms with van der Waals surface area (Å²) in [6.45, 7) is 6.37. The standard InChI is InChI=1S/C25H40BrN3O5/c1-4-10-27-22(31)18-19-24(33)29(16(13-30)11-14(2)3)21(25(19)12-17(26)20(18)34-25)23(32)28-15-8-6-5-7-9-15/h14-21,30H,4-13H2,1-3H3,(H,27,31)(H,28,32)/t16-,17?,18-,19+,20-,21?,25?/m1/s1. The lowest BCUT2D eigenvalue weighted by Gasteiger charge is -2.38. The van der Waals surface area contributed by atoms with Crippen molar-refractivity contribution >= 4 is 33.7 Å². The van der Waals surface area contributed by atoms with E-state index in [-0.39, 0.29) is 41.1 Å². The molecule has 1 aliphatic carbocycles. The van der Waals surface area contributed by atoms with Crippen LogP contribution in [0.2, 0.25) is 0 Å².